The first-order chi connectivity index (χ1) is 16.3. The second-order valence-corrected chi connectivity index (χ2v) is 9.79. The van der Waals surface area contributed by atoms with E-state index in [9.17, 15) is 14.4 Å². The first-order valence-electron chi connectivity index (χ1n) is 12.0. The number of hydrogen-bond donors (Lipinski definition) is 3. The van der Waals surface area contributed by atoms with Crippen LogP contribution in [0.4, 0.5) is 4.79 Å². The fourth-order valence-electron chi connectivity index (χ4n) is 5.05. The summed E-state index contributed by atoms with van der Waals surface area (Å²) in [4.78, 5) is 36.3. The van der Waals surface area contributed by atoms with E-state index < -0.39 is 18.1 Å². The number of carbonyl (C=O) groups excluding carboxylic acids is 2. The first-order valence-corrected chi connectivity index (χ1v) is 12.0. The number of rotatable bonds is 9. The van der Waals surface area contributed by atoms with Crippen molar-refractivity contribution in [2.75, 3.05) is 6.61 Å². The summed E-state index contributed by atoms with van der Waals surface area (Å²) in [5, 5.41) is 14.6. The monoisotopic (exact) mass is 464 g/mol. The number of alkyl carbamates (subject to hydrolysis) is 1. The van der Waals surface area contributed by atoms with Gasteiger partial charge in [0, 0.05) is 18.4 Å². The molecule has 7 nitrogen and oxygen atoms in total. The standard InChI is InChI=1S/C27H32N2O5/c1-16(2)11-24(26(32)28-18-12-17(13-18)14-25(30)31)29-27(33)34-15-23-21-9-5-3-7-19(21)20-8-4-6-10-22(20)23/h3-10,16-18,23-24H,11-15H2,1-2H3,(H,28,32)(H,29,33)(H,30,31)/t17?,18?,24-/m1/s1. The Morgan fingerprint density at radius 1 is 1.00 bits per heavy atom. The predicted octanol–water partition coefficient (Wildman–Crippen LogP) is 4.31. The molecule has 3 N–H and O–H groups in total. The lowest BCUT2D eigenvalue weighted by Gasteiger charge is -2.36. The number of aliphatic carboxylic acids is 1. The highest BCUT2D eigenvalue weighted by molar-refractivity contribution is 5.86. The molecule has 2 aromatic carbocycles. The van der Waals surface area contributed by atoms with Gasteiger partial charge in [-0.05, 0) is 53.4 Å². The zero-order chi connectivity index (χ0) is 24.2. The van der Waals surface area contributed by atoms with Crippen LogP contribution in [0.2, 0.25) is 0 Å². The number of hydrogen-bond acceptors (Lipinski definition) is 4. The molecule has 0 spiro atoms. The number of ether oxygens (including phenoxy) is 1. The zero-order valence-electron chi connectivity index (χ0n) is 19.6. The molecule has 2 aliphatic rings. The van der Waals surface area contributed by atoms with Gasteiger partial charge in [-0.25, -0.2) is 4.79 Å². The highest BCUT2D eigenvalue weighted by atomic mass is 16.5. The van der Waals surface area contributed by atoms with E-state index in [-0.39, 0.29) is 42.7 Å². The molecule has 180 valence electrons. The predicted molar refractivity (Wildman–Crippen MR) is 128 cm³/mol. The smallest absolute Gasteiger partial charge is 0.407 e. The van der Waals surface area contributed by atoms with Crippen molar-refractivity contribution in [2.45, 2.75) is 57.5 Å². The molecular formula is C27H32N2O5. The van der Waals surface area contributed by atoms with E-state index in [4.69, 9.17) is 9.84 Å². The Bertz CT molecular complexity index is 1010. The number of carboxylic acids is 1. The van der Waals surface area contributed by atoms with Crippen LogP contribution in [0.5, 0.6) is 0 Å². The number of nitrogens with one attached hydrogen (secondary N) is 2. The molecule has 1 saturated carbocycles. The quantitative estimate of drug-likeness (QED) is 0.513. The number of amides is 2. The van der Waals surface area contributed by atoms with Crippen LogP contribution in [0.1, 0.15) is 56.6 Å². The van der Waals surface area contributed by atoms with Gasteiger partial charge < -0.3 is 20.5 Å². The molecule has 0 aliphatic heterocycles. The van der Waals surface area contributed by atoms with E-state index in [1.807, 2.05) is 38.1 Å². The maximum atomic E-state index is 12.8. The van der Waals surface area contributed by atoms with E-state index >= 15 is 0 Å². The van der Waals surface area contributed by atoms with Gasteiger partial charge in [0.15, 0.2) is 0 Å². The minimum absolute atomic E-state index is 0.0447. The van der Waals surface area contributed by atoms with E-state index in [0.29, 0.717) is 19.3 Å². The lowest BCUT2D eigenvalue weighted by Crippen LogP contribution is -2.53. The molecule has 0 saturated heterocycles. The van der Waals surface area contributed by atoms with Gasteiger partial charge in [0.05, 0.1) is 0 Å². The van der Waals surface area contributed by atoms with E-state index in [1.54, 1.807) is 0 Å². The molecule has 0 radical (unpaired) electrons. The van der Waals surface area contributed by atoms with Gasteiger partial charge in [-0.2, -0.15) is 0 Å². The minimum Gasteiger partial charge on any atom is -0.481 e. The lowest BCUT2D eigenvalue weighted by atomic mass is 9.78. The Kier molecular flexibility index (Phi) is 7.20. The molecule has 4 rings (SSSR count). The van der Waals surface area contributed by atoms with Crippen LogP contribution in [-0.4, -0.2) is 41.8 Å². The zero-order valence-corrected chi connectivity index (χ0v) is 19.6. The molecule has 0 heterocycles. The Balaban J connectivity index is 1.34. The summed E-state index contributed by atoms with van der Waals surface area (Å²) >= 11 is 0. The molecule has 7 heteroatoms. The largest absolute Gasteiger partial charge is 0.481 e. The van der Waals surface area contributed by atoms with Gasteiger partial charge in [0.1, 0.15) is 12.6 Å². The molecule has 0 aromatic heterocycles. The Labute approximate surface area is 199 Å². The topological polar surface area (TPSA) is 105 Å². The van der Waals surface area contributed by atoms with Crippen molar-refractivity contribution in [1.29, 1.82) is 0 Å². The summed E-state index contributed by atoms with van der Waals surface area (Å²) in [5.74, 6) is -0.811. The van der Waals surface area contributed by atoms with Gasteiger partial charge in [0.2, 0.25) is 5.91 Å². The summed E-state index contributed by atoms with van der Waals surface area (Å²) < 4.78 is 5.61. The number of fused-ring (bicyclic) bond motifs is 3. The highest BCUT2D eigenvalue weighted by Crippen LogP contribution is 2.44. The van der Waals surface area contributed by atoms with Crippen LogP contribution < -0.4 is 10.6 Å². The van der Waals surface area contributed by atoms with Crippen molar-refractivity contribution in [3.05, 3.63) is 59.7 Å². The van der Waals surface area contributed by atoms with Crippen molar-refractivity contribution >= 4 is 18.0 Å². The Morgan fingerprint density at radius 3 is 2.15 bits per heavy atom. The van der Waals surface area contributed by atoms with Gasteiger partial charge >= 0.3 is 12.1 Å². The number of benzene rings is 2. The van der Waals surface area contributed by atoms with Crippen LogP contribution in [0, 0.1) is 11.8 Å². The molecule has 1 fully saturated rings. The maximum Gasteiger partial charge on any atom is 0.407 e. The van der Waals surface area contributed by atoms with Crippen molar-refractivity contribution in [2.24, 2.45) is 11.8 Å². The second kappa shape index (κ2) is 10.3. The third-order valence-corrected chi connectivity index (χ3v) is 6.70. The maximum absolute atomic E-state index is 12.8. The Hall–Kier alpha value is -3.35. The summed E-state index contributed by atoms with van der Waals surface area (Å²) in [5.41, 5.74) is 4.58. The van der Waals surface area contributed by atoms with E-state index in [1.165, 1.54) is 0 Å². The number of carbonyl (C=O) groups is 3. The van der Waals surface area contributed by atoms with E-state index in [0.717, 1.165) is 22.3 Å². The SMILES string of the molecule is CC(C)C[C@@H](NC(=O)OCC1c2ccccc2-c2ccccc21)C(=O)NC1CC(CC(=O)O)C1. The first kappa shape index (κ1) is 23.8. The molecule has 0 unspecified atom stereocenters. The molecule has 34 heavy (non-hydrogen) atoms. The lowest BCUT2D eigenvalue weighted by molar-refractivity contribution is -0.139. The summed E-state index contributed by atoms with van der Waals surface area (Å²) in [6.07, 6.45) is 1.30. The average Bonchev–Trinajstić information content (AvgIpc) is 3.09. The van der Waals surface area contributed by atoms with Gasteiger partial charge in [-0.3, -0.25) is 9.59 Å². The van der Waals surface area contributed by atoms with Crippen LogP contribution >= 0.6 is 0 Å². The molecule has 2 amide bonds. The van der Waals surface area contributed by atoms with Crippen molar-refractivity contribution in [3.8, 4) is 11.1 Å². The van der Waals surface area contributed by atoms with Crippen LogP contribution in [0.25, 0.3) is 11.1 Å². The van der Waals surface area contributed by atoms with Crippen LogP contribution in [-0.2, 0) is 14.3 Å². The molecule has 2 aromatic rings. The average molecular weight is 465 g/mol. The second-order valence-electron chi connectivity index (χ2n) is 9.79. The van der Waals surface area contributed by atoms with E-state index in [2.05, 4.69) is 34.9 Å². The third-order valence-electron chi connectivity index (χ3n) is 6.70. The van der Waals surface area contributed by atoms with Gasteiger partial charge in [-0.15, -0.1) is 0 Å². The van der Waals surface area contributed by atoms with Crippen molar-refractivity contribution in [1.82, 2.24) is 10.6 Å². The van der Waals surface area contributed by atoms with Gasteiger partial charge in [-0.1, -0.05) is 62.4 Å². The van der Waals surface area contributed by atoms with Crippen molar-refractivity contribution in [3.63, 3.8) is 0 Å². The molecule has 2 aliphatic carbocycles. The third kappa shape index (κ3) is 5.41. The molecule has 0 bridgehead atoms. The van der Waals surface area contributed by atoms with Gasteiger partial charge in [0.25, 0.3) is 0 Å². The summed E-state index contributed by atoms with van der Waals surface area (Å²) in [6.45, 7) is 4.17. The minimum atomic E-state index is -0.815. The van der Waals surface area contributed by atoms with Crippen LogP contribution in [0.3, 0.4) is 0 Å². The van der Waals surface area contributed by atoms with Crippen molar-refractivity contribution < 1.29 is 24.2 Å². The fourth-order valence-corrected chi connectivity index (χ4v) is 5.05. The normalized spacial score (nSPS) is 19.5. The Morgan fingerprint density at radius 2 is 1.59 bits per heavy atom. The molecular weight excluding hydrogens is 432 g/mol. The fraction of sp³-hybridized carbons (Fsp3) is 0.444. The molecule has 1 atom stereocenters. The highest BCUT2D eigenvalue weighted by Gasteiger charge is 2.34. The summed E-state index contributed by atoms with van der Waals surface area (Å²) in [6, 6.07) is 15.5. The summed E-state index contributed by atoms with van der Waals surface area (Å²) in [7, 11) is 0. The number of carboxylic acid groups (broad SMARTS) is 1. The van der Waals surface area contributed by atoms with Crippen LogP contribution in [0.15, 0.2) is 48.5 Å².